The maximum atomic E-state index is 12.8. The number of nitrogens with one attached hydrogen (secondary N) is 2. The number of carbonyl (C=O) groups excluding carboxylic acids is 1. The maximum Gasteiger partial charge on any atom is 0.319 e. The van der Waals surface area contributed by atoms with Crippen LogP contribution in [0.2, 0.25) is 0 Å². The lowest BCUT2D eigenvalue weighted by Crippen LogP contribution is -2.35. The summed E-state index contributed by atoms with van der Waals surface area (Å²) in [6, 6.07) is 3.55. The third-order valence-corrected chi connectivity index (χ3v) is 2.96. The van der Waals surface area contributed by atoms with Gasteiger partial charge in [-0.3, -0.25) is 0 Å². The minimum Gasteiger partial charge on any atom is -0.391 e. The number of rotatable bonds is 5. The molecule has 1 rings (SSSR count). The number of hydrogen-bond donors (Lipinski definition) is 3. The van der Waals surface area contributed by atoms with E-state index in [9.17, 15) is 14.3 Å². The van der Waals surface area contributed by atoms with E-state index in [1.165, 1.54) is 18.2 Å². The molecule has 1 unspecified atom stereocenters. The molecule has 0 aliphatic rings. The first-order chi connectivity index (χ1) is 8.52. The molecule has 4 nitrogen and oxygen atoms in total. The van der Waals surface area contributed by atoms with E-state index in [1.54, 1.807) is 0 Å². The van der Waals surface area contributed by atoms with Gasteiger partial charge < -0.3 is 15.7 Å². The fourth-order valence-electron chi connectivity index (χ4n) is 1.40. The Kier molecular flexibility index (Phi) is 6.07. The van der Waals surface area contributed by atoms with Crippen molar-refractivity contribution in [2.24, 2.45) is 0 Å². The van der Waals surface area contributed by atoms with Crippen LogP contribution in [0.3, 0.4) is 0 Å². The smallest absolute Gasteiger partial charge is 0.319 e. The molecule has 0 spiro atoms. The van der Waals surface area contributed by atoms with E-state index in [2.05, 4.69) is 26.6 Å². The Balaban J connectivity index is 2.44. The Morgan fingerprint density at radius 1 is 1.56 bits per heavy atom. The van der Waals surface area contributed by atoms with E-state index in [0.717, 1.165) is 6.42 Å². The predicted molar refractivity (Wildman–Crippen MR) is 72.0 cm³/mol. The first kappa shape index (κ1) is 14.9. The number of carbonyl (C=O) groups is 1. The van der Waals surface area contributed by atoms with E-state index < -0.39 is 12.1 Å². The monoisotopic (exact) mass is 318 g/mol. The van der Waals surface area contributed by atoms with Crippen molar-refractivity contribution < 1.29 is 14.3 Å². The Labute approximate surface area is 114 Å². The van der Waals surface area contributed by atoms with E-state index in [4.69, 9.17) is 0 Å². The standard InChI is InChI=1S/C12H16BrFN2O2/c1-2-3-9(17)7-15-12(18)16-11-5-4-8(14)6-10(11)13/h4-6,9,17H,2-3,7H2,1H3,(H2,15,16,18). The highest BCUT2D eigenvalue weighted by Gasteiger charge is 2.08. The van der Waals surface area contributed by atoms with Crippen LogP contribution in [0.5, 0.6) is 0 Å². The molecule has 3 N–H and O–H groups in total. The molecule has 0 radical (unpaired) electrons. The summed E-state index contributed by atoms with van der Waals surface area (Å²) in [5, 5.41) is 14.6. The summed E-state index contributed by atoms with van der Waals surface area (Å²) in [7, 11) is 0. The molecule has 0 aromatic heterocycles. The zero-order chi connectivity index (χ0) is 13.5. The van der Waals surface area contributed by atoms with Gasteiger partial charge in [0.25, 0.3) is 0 Å². The second-order valence-electron chi connectivity index (χ2n) is 3.90. The van der Waals surface area contributed by atoms with Crippen molar-refractivity contribution >= 4 is 27.6 Å². The number of benzene rings is 1. The lowest BCUT2D eigenvalue weighted by Gasteiger charge is -2.12. The van der Waals surface area contributed by atoms with Crippen LogP contribution in [0, 0.1) is 5.82 Å². The second-order valence-corrected chi connectivity index (χ2v) is 4.76. The minimum atomic E-state index is -0.544. The number of urea groups is 1. The van der Waals surface area contributed by atoms with Gasteiger partial charge in [0.2, 0.25) is 0 Å². The van der Waals surface area contributed by atoms with Crippen molar-refractivity contribution in [3.8, 4) is 0 Å². The van der Waals surface area contributed by atoms with Crippen LogP contribution in [0.25, 0.3) is 0 Å². The fourth-order valence-corrected chi connectivity index (χ4v) is 1.85. The van der Waals surface area contributed by atoms with Crippen LogP contribution in [0.15, 0.2) is 22.7 Å². The van der Waals surface area contributed by atoms with Crippen LogP contribution in [-0.4, -0.2) is 23.8 Å². The van der Waals surface area contributed by atoms with Crippen molar-refractivity contribution in [1.29, 1.82) is 0 Å². The van der Waals surface area contributed by atoms with Gasteiger partial charge >= 0.3 is 6.03 Å². The molecule has 0 fully saturated rings. The quantitative estimate of drug-likeness (QED) is 0.781. The van der Waals surface area contributed by atoms with Crippen LogP contribution < -0.4 is 10.6 Å². The van der Waals surface area contributed by atoms with Gasteiger partial charge in [0.15, 0.2) is 0 Å². The van der Waals surface area contributed by atoms with Crippen molar-refractivity contribution in [3.63, 3.8) is 0 Å². The molecule has 100 valence electrons. The summed E-state index contributed by atoms with van der Waals surface area (Å²) in [4.78, 5) is 11.5. The SMILES string of the molecule is CCCC(O)CNC(=O)Nc1ccc(F)cc1Br. The van der Waals surface area contributed by atoms with E-state index in [-0.39, 0.29) is 12.4 Å². The zero-order valence-corrected chi connectivity index (χ0v) is 11.6. The molecule has 6 heteroatoms. The zero-order valence-electron chi connectivity index (χ0n) is 10.0. The minimum absolute atomic E-state index is 0.193. The van der Waals surface area contributed by atoms with E-state index in [0.29, 0.717) is 16.6 Å². The van der Waals surface area contributed by atoms with Crippen LogP contribution in [0.4, 0.5) is 14.9 Å². The number of halogens is 2. The number of aliphatic hydroxyl groups excluding tert-OH is 1. The summed E-state index contributed by atoms with van der Waals surface area (Å²) in [6.45, 7) is 2.15. The van der Waals surface area contributed by atoms with Crippen molar-refractivity contribution in [3.05, 3.63) is 28.5 Å². The summed E-state index contributed by atoms with van der Waals surface area (Å²) in [6.07, 6.45) is 0.950. The topological polar surface area (TPSA) is 61.4 Å². The molecule has 2 amide bonds. The van der Waals surface area contributed by atoms with Crippen molar-refractivity contribution in [1.82, 2.24) is 5.32 Å². The highest BCUT2D eigenvalue weighted by Crippen LogP contribution is 2.22. The lowest BCUT2D eigenvalue weighted by molar-refractivity contribution is 0.162. The van der Waals surface area contributed by atoms with Gasteiger partial charge in [-0.2, -0.15) is 0 Å². The first-order valence-electron chi connectivity index (χ1n) is 5.71. The largest absolute Gasteiger partial charge is 0.391 e. The lowest BCUT2D eigenvalue weighted by atomic mass is 10.2. The number of anilines is 1. The molecular formula is C12H16BrFN2O2. The predicted octanol–water partition coefficient (Wildman–Crippen LogP) is 2.87. The Hall–Kier alpha value is -1.14. The average molecular weight is 319 g/mol. The molecule has 0 saturated heterocycles. The van der Waals surface area contributed by atoms with Crippen molar-refractivity contribution in [2.75, 3.05) is 11.9 Å². The molecule has 1 aromatic rings. The van der Waals surface area contributed by atoms with Gasteiger partial charge in [0, 0.05) is 11.0 Å². The molecule has 1 atom stereocenters. The van der Waals surface area contributed by atoms with Crippen LogP contribution in [0.1, 0.15) is 19.8 Å². The molecular weight excluding hydrogens is 303 g/mol. The summed E-state index contributed by atoms with van der Waals surface area (Å²) in [5.74, 6) is -0.383. The molecule has 0 bridgehead atoms. The fraction of sp³-hybridized carbons (Fsp3) is 0.417. The van der Waals surface area contributed by atoms with Gasteiger partial charge in [-0.15, -0.1) is 0 Å². The third kappa shape index (κ3) is 5.01. The molecule has 0 saturated carbocycles. The average Bonchev–Trinajstić information content (AvgIpc) is 2.31. The van der Waals surface area contributed by atoms with Crippen LogP contribution >= 0.6 is 15.9 Å². The van der Waals surface area contributed by atoms with Gasteiger partial charge in [0.1, 0.15) is 5.82 Å². The number of hydrogen-bond acceptors (Lipinski definition) is 2. The van der Waals surface area contributed by atoms with Crippen LogP contribution in [-0.2, 0) is 0 Å². The third-order valence-electron chi connectivity index (χ3n) is 2.30. The van der Waals surface area contributed by atoms with Gasteiger partial charge in [-0.05, 0) is 40.5 Å². The Bertz CT molecular complexity index is 415. The highest BCUT2D eigenvalue weighted by atomic mass is 79.9. The number of amides is 2. The summed E-state index contributed by atoms with van der Waals surface area (Å²) in [5.41, 5.74) is 0.471. The molecule has 1 aromatic carbocycles. The second kappa shape index (κ2) is 7.33. The normalized spacial score (nSPS) is 12.0. The first-order valence-corrected chi connectivity index (χ1v) is 6.50. The van der Waals surface area contributed by atoms with Gasteiger partial charge in [-0.1, -0.05) is 13.3 Å². The number of aliphatic hydroxyl groups is 1. The molecule has 18 heavy (non-hydrogen) atoms. The summed E-state index contributed by atoms with van der Waals surface area (Å²) < 4.78 is 13.3. The molecule has 0 aliphatic carbocycles. The molecule has 0 aliphatic heterocycles. The maximum absolute atomic E-state index is 12.8. The Morgan fingerprint density at radius 3 is 2.89 bits per heavy atom. The molecule has 0 heterocycles. The summed E-state index contributed by atoms with van der Waals surface area (Å²) >= 11 is 3.15. The highest BCUT2D eigenvalue weighted by molar-refractivity contribution is 9.10. The van der Waals surface area contributed by atoms with E-state index >= 15 is 0 Å². The Morgan fingerprint density at radius 2 is 2.28 bits per heavy atom. The van der Waals surface area contributed by atoms with E-state index in [1.807, 2.05) is 6.92 Å². The van der Waals surface area contributed by atoms with Gasteiger partial charge in [-0.25, -0.2) is 9.18 Å². The van der Waals surface area contributed by atoms with Crippen molar-refractivity contribution in [2.45, 2.75) is 25.9 Å². The van der Waals surface area contributed by atoms with Gasteiger partial charge in [0.05, 0.1) is 11.8 Å².